The summed E-state index contributed by atoms with van der Waals surface area (Å²) in [5, 5.41) is 3.52. The van der Waals surface area contributed by atoms with Gasteiger partial charge in [0.2, 0.25) is 0 Å². The highest BCUT2D eigenvalue weighted by atomic mass is 79.9. The third-order valence-corrected chi connectivity index (χ3v) is 4.47. The zero-order valence-electron chi connectivity index (χ0n) is 10.5. The van der Waals surface area contributed by atoms with Crippen molar-refractivity contribution in [1.29, 1.82) is 0 Å². The highest BCUT2D eigenvalue weighted by Crippen LogP contribution is 2.23. The summed E-state index contributed by atoms with van der Waals surface area (Å²) in [5.41, 5.74) is 0.168. The lowest BCUT2D eigenvalue weighted by atomic mass is 10.1. The SMILES string of the molecule is O=C(c1ccc(Br)cc1F)N1CCC2CCC(C1)N2. The lowest BCUT2D eigenvalue weighted by Crippen LogP contribution is -2.39. The summed E-state index contributed by atoms with van der Waals surface area (Å²) in [4.78, 5) is 14.2. The van der Waals surface area contributed by atoms with Gasteiger partial charge >= 0.3 is 0 Å². The number of carbonyl (C=O) groups excluding carboxylic acids is 1. The molecule has 5 heteroatoms. The molecule has 3 rings (SSSR count). The summed E-state index contributed by atoms with van der Waals surface area (Å²) in [5.74, 6) is -0.652. The van der Waals surface area contributed by atoms with Crippen LogP contribution in [0.25, 0.3) is 0 Å². The zero-order valence-corrected chi connectivity index (χ0v) is 12.1. The van der Waals surface area contributed by atoms with Gasteiger partial charge in [0, 0.05) is 29.6 Å². The number of fused-ring (bicyclic) bond motifs is 2. The molecule has 0 spiro atoms. The predicted molar refractivity (Wildman–Crippen MR) is 74.6 cm³/mol. The number of carbonyl (C=O) groups is 1. The molecule has 3 nitrogen and oxygen atoms in total. The second-order valence-corrected chi connectivity index (χ2v) is 6.22. The zero-order chi connectivity index (χ0) is 13.4. The minimum Gasteiger partial charge on any atom is -0.337 e. The average Bonchev–Trinajstić information content (AvgIpc) is 2.68. The van der Waals surface area contributed by atoms with Crippen molar-refractivity contribution in [2.75, 3.05) is 13.1 Å². The van der Waals surface area contributed by atoms with E-state index in [0.717, 1.165) is 12.8 Å². The fourth-order valence-corrected chi connectivity index (χ4v) is 3.29. The molecule has 2 fully saturated rings. The molecule has 2 bridgehead atoms. The van der Waals surface area contributed by atoms with Gasteiger partial charge in [-0.3, -0.25) is 4.79 Å². The van der Waals surface area contributed by atoms with E-state index in [2.05, 4.69) is 21.2 Å². The molecule has 0 saturated carbocycles. The van der Waals surface area contributed by atoms with Crippen molar-refractivity contribution in [2.24, 2.45) is 0 Å². The highest BCUT2D eigenvalue weighted by Gasteiger charge is 2.32. The number of nitrogens with zero attached hydrogens (tertiary/aromatic N) is 1. The van der Waals surface area contributed by atoms with Crippen LogP contribution in [-0.4, -0.2) is 36.0 Å². The van der Waals surface area contributed by atoms with Gasteiger partial charge in [-0.15, -0.1) is 0 Å². The van der Waals surface area contributed by atoms with E-state index in [0.29, 0.717) is 29.6 Å². The van der Waals surface area contributed by atoms with E-state index in [4.69, 9.17) is 0 Å². The van der Waals surface area contributed by atoms with Gasteiger partial charge in [-0.1, -0.05) is 15.9 Å². The molecule has 0 aliphatic carbocycles. The van der Waals surface area contributed by atoms with Gasteiger partial charge in [0.25, 0.3) is 5.91 Å². The van der Waals surface area contributed by atoms with E-state index >= 15 is 0 Å². The number of hydrogen-bond acceptors (Lipinski definition) is 2. The van der Waals surface area contributed by atoms with E-state index in [1.165, 1.54) is 12.5 Å². The Morgan fingerprint density at radius 1 is 1.32 bits per heavy atom. The molecule has 1 N–H and O–H groups in total. The second-order valence-electron chi connectivity index (χ2n) is 5.30. The van der Waals surface area contributed by atoms with E-state index in [1.54, 1.807) is 17.0 Å². The Kier molecular flexibility index (Phi) is 3.58. The first kappa shape index (κ1) is 13.1. The third-order valence-electron chi connectivity index (χ3n) is 3.97. The Bertz CT molecular complexity index is 508. The summed E-state index contributed by atoms with van der Waals surface area (Å²) in [6.45, 7) is 1.40. The fraction of sp³-hybridized carbons (Fsp3) is 0.500. The van der Waals surface area contributed by atoms with Crippen LogP contribution in [0.2, 0.25) is 0 Å². The molecule has 2 saturated heterocycles. The predicted octanol–water partition coefficient (Wildman–Crippen LogP) is 2.55. The van der Waals surface area contributed by atoms with E-state index < -0.39 is 5.82 Å². The molecule has 1 aromatic carbocycles. The van der Waals surface area contributed by atoms with Gasteiger partial charge in [0.1, 0.15) is 5.82 Å². The standard InChI is InChI=1S/C14H16BrFN2O/c15-9-1-4-12(13(16)7-9)14(19)18-6-5-10-2-3-11(8-18)17-10/h1,4,7,10-11,17H,2-3,5-6,8H2. The minimum atomic E-state index is -0.457. The largest absolute Gasteiger partial charge is 0.337 e. The third kappa shape index (κ3) is 2.67. The van der Waals surface area contributed by atoms with Crippen LogP contribution >= 0.6 is 15.9 Å². The molecule has 1 amide bonds. The Morgan fingerprint density at radius 2 is 2.11 bits per heavy atom. The quantitative estimate of drug-likeness (QED) is 0.860. The first-order valence-electron chi connectivity index (χ1n) is 6.64. The maximum absolute atomic E-state index is 13.9. The molecule has 102 valence electrons. The summed E-state index contributed by atoms with van der Waals surface area (Å²) in [6, 6.07) is 5.50. The molecule has 2 atom stereocenters. The van der Waals surface area contributed by atoms with Gasteiger partial charge in [-0.25, -0.2) is 4.39 Å². The molecule has 0 aromatic heterocycles. The molecular weight excluding hydrogens is 311 g/mol. The normalized spacial score (nSPS) is 26.3. The van der Waals surface area contributed by atoms with Crippen LogP contribution < -0.4 is 5.32 Å². The van der Waals surface area contributed by atoms with Gasteiger partial charge in [-0.05, 0) is 37.5 Å². The summed E-state index contributed by atoms with van der Waals surface area (Å²) < 4.78 is 14.5. The van der Waals surface area contributed by atoms with Crippen LogP contribution in [-0.2, 0) is 0 Å². The van der Waals surface area contributed by atoms with Crippen LogP contribution in [0.4, 0.5) is 4.39 Å². The van der Waals surface area contributed by atoms with Gasteiger partial charge in [-0.2, -0.15) is 0 Å². The summed E-state index contributed by atoms with van der Waals surface area (Å²) in [6.07, 6.45) is 3.26. The number of likely N-dealkylation sites (tertiary alicyclic amines) is 1. The van der Waals surface area contributed by atoms with Crippen LogP contribution in [0.1, 0.15) is 29.6 Å². The molecule has 19 heavy (non-hydrogen) atoms. The number of hydrogen-bond donors (Lipinski definition) is 1. The molecule has 2 heterocycles. The Balaban J connectivity index is 1.79. The monoisotopic (exact) mass is 326 g/mol. The molecular formula is C14H16BrFN2O. The average molecular weight is 327 g/mol. The molecule has 1 aromatic rings. The topological polar surface area (TPSA) is 32.3 Å². The van der Waals surface area contributed by atoms with Crippen LogP contribution in [0.15, 0.2) is 22.7 Å². The van der Waals surface area contributed by atoms with Gasteiger partial charge < -0.3 is 10.2 Å². The molecule has 2 aliphatic heterocycles. The number of rotatable bonds is 1. The van der Waals surface area contributed by atoms with Gasteiger partial charge in [0.05, 0.1) is 5.56 Å². The first-order chi connectivity index (χ1) is 9.13. The number of nitrogens with one attached hydrogen (secondary N) is 1. The smallest absolute Gasteiger partial charge is 0.256 e. The Morgan fingerprint density at radius 3 is 2.89 bits per heavy atom. The Labute approximate surface area is 120 Å². The first-order valence-corrected chi connectivity index (χ1v) is 7.43. The number of benzene rings is 1. The van der Waals surface area contributed by atoms with E-state index in [-0.39, 0.29) is 11.5 Å². The lowest BCUT2D eigenvalue weighted by molar-refractivity contribution is 0.0743. The second kappa shape index (κ2) is 5.21. The maximum Gasteiger partial charge on any atom is 0.256 e. The number of halogens is 2. The van der Waals surface area contributed by atoms with Crippen molar-refractivity contribution in [3.8, 4) is 0 Å². The van der Waals surface area contributed by atoms with E-state index in [1.807, 2.05) is 0 Å². The van der Waals surface area contributed by atoms with Crippen LogP contribution in [0.3, 0.4) is 0 Å². The molecule has 0 radical (unpaired) electrons. The van der Waals surface area contributed by atoms with Crippen LogP contribution in [0.5, 0.6) is 0 Å². The highest BCUT2D eigenvalue weighted by molar-refractivity contribution is 9.10. The summed E-state index contributed by atoms with van der Waals surface area (Å²) in [7, 11) is 0. The van der Waals surface area contributed by atoms with Crippen molar-refractivity contribution < 1.29 is 9.18 Å². The maximum atomic E-state index is 13.9. The fourth-order valence-electron chi connectivity index (χ4n) is 2.96. The van der Waals surface area contributed by atoms with Crippen molar-refractivity contribution in [1.82, 2.24) is 10.2 Å². The number of amides is 1. The van der Waals surface area contributed by atoms with Crippen LogP contribution in [0, 0.1) is 5.82 Å². The van der Waals surface area contributed by atoms with Crippen molar-refractivity contribution in [2.45, 2.75) is 31.3 Å². The molecule has 2 unspecified atom stereocenters. The minimum absolute atomic E-state index is 0.168. The van der Waals surface area contributed by atoms with Crippen molar-refractivity contribution in [3.63, 3.8) is 0 Å². The lowest BCUT2D eigenvalue weighted by Gasteiger charge is -2.24. The van der Waals surface area contributed by atoms with Crippen molar-refractivity contribution in [3.05, 3.63) is 34.1 Å². The summed E-state index contributed by atoms with van der Waals surface area (Å²) >= 11 is 3.21. The molecule has 2 aliphatic rings. The van der Waals surface area contributed by atoms with Gasteiger partial charge in [0.15, 0.2) is 0 Å². The van der Waals surface area contributed by atoms with E-state index in [9.17, 15) is 9.18 Å². The Hall–Kier alpha value is -0.940. The van der Waals surface area contributed by atoms with Crippen molar-refractivity contribution >= 4 is 21.8 Å².